The zero-order valence-electron chi connectivity index (χ0n) is 11.5. The minimum absolute atomic E-state index is 0.222. The first-order valence-electron chi connectivity index (χ1n) is 5.99. The summed E-state index contributed by atoms with van der Waals surface area (Å²) in [5, 5.41) is 2.99. The zero-order valence-corrected chi connectivity index (χ0v) is 12.3. The van der Waals surface area contributed by atoms with Gasteiger partial charge in [0.1, 0.15) is 0 Å². The molecule has 0 saturated carbocycles. The molecule has 2 aromatic rings. The van der Waals surface area contributed by atoms with Crippen molar-refractivity contribution < 1.29 is 8.42 Å². The first-order chi connectivity index (χ1) is 9.39. The Labute approximate surface area is 118 Å². The number of hydrogen-bond acceptors (Lipinski definition) is 5. The lowest BCUT2D eigenvalue weighted by atomic mass is 10.3. The van der Waals surface area contributed by atoms with Crippen molar-refractivity contribution in [3.63, 3.8) is 0 Å². The summed E-state index contributed by atoms with van der Waals surface area (Å²) in [6.07, 6.45) is 1.64. The maximum Gasteiger partial charge on any atom is 0.242 e. The smallest absolute Gasteiger partial charge is 0.242 e. The van der Waals surface area contributed by atoms with Crippen LogP contribution in [-0.2, 0) is 10.0 Å². The van der Waals surface area contributed by atoms with Crippen molar-refractivity contribution in [2.45, 2.75) is 11.8 Å². The van der Waals surface area contributed by atoms with Gasteiger partial charge in [-0.05, 0) is 31.2 Å². The van der Waals surface area contributed by atoms with E-state index in [4.69, 9.17) is 0 Å². The van der Waals surface area contributed by atoms with E-state index in [2.05, 4.69) is 15.3 Å². The summed E-state index contributed by atoms with van der Waals surface area (Å²) in [5.74, 6) is 0.435. The molecule has 0 bridgehead atoms. The van der Waals surface area contributed by atoms with Crippen LogP contribution < -0.4 is 5.32 Å². The van der Waals surface area contributed by atoms with E-state index in [9.17, 15) is 8.42 Å². The Balaban J connectivity index is 2.32. The van der Waals surface area contributed by atoms with E-state index in [0.717, 1.165) is 5.69 Å². The number of aryl methyl sites for hydroxylation is 1. The Morgan fingerprint density at radius 2 is 1.95 bits per heavy atom. The second-order valence-electron chi connectivity index (χ2n) is 4.46. The van der Waals surface area contributed by atoms with Gasteiger partial charge in [0, 0.05) is 31.7 Å². The molecule has 0 aliphatic carbocycles. The fourth-order valence-corrected chi connectivity index (χ4v) is 2.53. The number of nitrogens with one attached hydrogen (secondary N) is 1. The summed E-state index contributed by atoms with van der Waals surface area (Å²) in [6, 6.07) is 8.34. The molecule has 0 unspecified atom stereocenters. The molecule has 1 aromatic heterocycles. The summed E-state index contributed by atoms with van der Waals surface area (Å²) in [6.45, 7) is 1.86. The van der Waals surface area contributed by atoms with Crippen molar-refractivity contribution >= 4 is 21.7 Å². The zero-order chi connectivity index (χ0) is 14.8. The Kier molecular flexibility index (Phi) is 4.01. The van der Waals surface area contributed by atoms with Crippen LogP contribution in [0.15, 0.2) is 41.4 Å². The monoisotopic (exact) mass is 292 g/mol. The van der Waals surface area contributed by atoms with Crippen LogP contribution in [0.5, 0.6) is 0 Å². The van der Waals surface area contributed by atoms with Gasteiger partial charge in [-0.1, -0.05) is 6.07 Å². The third-order valence-electron chi connectivity index (χ3n) is 2.66. The van der Waals surface area contributed by atoms with Gasteiger partial charge in [-0.25, -0.2) is 22.7 Å². The van der Waals surface area contributed by atoms with Crippen LogP contribution in [0.25, 0.3) is 0 Å². The molecule has 6 nitrogen and oxygen atoms in total. The van der Waals surface area contributed by atoms with E-state index in [0.29, 0.717) is 11.6 Å². The van der Waals surface area contributed by atoms with Gasteiger partial charge in [-0.15, -0.1) is 0 Å². The van der Waals surface area contributed by atoms with Crippen LogP contribution >= 0.6 is 0 Å². The van der Waals surface area contributed by atoms with Crippen molar-refractivity contribution in [2.75, 3.05) is 19.4 Å². The van der Waals surface area contributed by atoms with Crippen LogP contribution in [0, 0.1) is 6.92 Å². The number of anilines is 2. The first-order valence-corrected chi connectivity index (χ1v) is 7.43. The van der Waals surface area contributed by atoms with E-state index in [-0.39, 0.29) is 4.90 Å². The lowest BCUT2D eigenvalue weighted by molar-refractivity contribution is 0.521. The average molecular weight is 292 g/mol. The van der Waals surface area contributed by atoms with E-state index in [1.807, 2.05) is 6.92 Å². The molecule has 1 N–H and O–H groups in total. The molecule has 0 radical (unpaired) electrons. The van der Waals surface area contributed by atoms with Gasteiger partial charge in [-0.3, -0.25) is 0 Å². The van der Waals surface area contributed by atoms with Gasteiger partial charge >= 0.3 is 0 Å². The number of aromatic nitrogens is 2. The summed E-state index contributed by atoms with van der Waals surface area (Å²) >= 11 is 0. The number of nitrogens with zero attached hydrogens (tertiary/aromatic N) is 3. The number of sulfonamides is 1. The molecule has 0 spiro atoms. The summed E-state index contributed by atoms with van der Waals surface area (Å²) in [4.78, 5) is 8.52. The van der Waals surface area contributed by atoms with Crippen molar-refractivity contribution in [1.29, 1.82) is 0 Å². The quantitative estimate of drug-likeness (QED) is 0.929. The molecule has 106 valence electrons. The maximum absolute atomic E-state index is 12.1. The van der Waals surface area contributed by atoms with Crippen molar-refractivity contribution in [3.8, 4) is 0 Å². The predicted octanol–water partition coefficient (Wildman–Crippen LogP) is 1.78. The third-order valence-corrected chi connectivity index (χ3v) is 4.47. The highest BCUT2D eigenvalue weighted by molar-refractivity contribution is 7.89. The van der Waals surface area contributed by atoms with Crippen LogP contribution in [0.2, 0.25) is 0 Å². The van der Waals surface area contributed by atoms with Gasteiger partial charge in [-0.2, -0.15) is 0 Å². The van der Waals surface area contributed by atoms with E-state index >= 15 is 0 Å². The molecule has 0 amide bonds. The standard InChI is InChI=1S/C13H16N4O2S/c1-10-7-8-14-13(15-10)16-11-5-4-6-12(9-11)20(18,19)17(2)3/h4-9H,1-3H3,(H,14,15,16). The van der Waals surface area contributed by atoms with Crippen LogP contribution in [0.4, 0.5) is 11.6 Å². The highest BCUT2D eigenvalue weighted by atomic mass is 32.2. The maximum atomic E-state index is 12.1. The molecular weight excluding hydrogens is 276 g/mol. The lowest BCUT2D eigenvalue weighted by Crippen LogP contribution is -2.22. The van der Waals surface area contributed by atoms with Gasteiger partial charge < -0.3 is 5.32 Å². The minimum atomic E-state index is -3.45. The third kappa shape index (κ3) is 3.12. The SMILES string of the molecule is Cc1ccnc(Nc2cccc(S(=O)(=O)N(C)C)c2)n1. The molecule has 0 fully saturated rings. The normalized spacial score (nSPS) is 11.6. The Morgan fingerprint density at radius 1 is 1.20 bits per heavy atom. The molecule has 20 heavy (non-hydrogen) atoms. The van der Waals surface area contributed by atoms with Gasteiger partial charge in [0.25, 0.3) is 0 Å². The van der Waals surface area contributed by atoms with Crippen LogP contribution in [0.1, 0.15) is 5.69 Å². The number of benzene rings is 1. The summed E-state index contributed by atoms with van der Waals surface area (Å²) < 4.78 is 25.3. The van der Waals surface area contributed by atoms with Crippen molar-refractivity contribution in [2.24, 2.45) is 0 Å². The van der Waals surface area contributed by atoms with Gasteiger partial charge in [0.2, 0.25) is 16.0 Å². The molecule has 0 aliphatic rings. The molecule has 1 heterocycles. The number of hydrogen-bond donors (Lipinski definition) is 1. The molecule has 1 aromatic carbocycles. The molecule has 7 heteroatoms. The molecule has 2 rings (SSSR count). The topological polar surface area (TPSA) is 75.2 Å². The Hall–Kier alpha value is -1.99. The highest BCUT2D eigenvalue weighted by Gasteiger charge is 2.17. The van der Waals surface area contributed by atoms with Gasteiger partial charge in [0.15, 0.2) is 0 Å². The van der Waals surface area contributed by atoms with E-state index < -0.39 is 10.0 Å². The molecule has 0 saturated heterocycles. The predicted molar refractivity (Wildman–Crippen MR) is 77.4 cm³/mol. The lowest BCUT2D eigenvalue weighted by Gasteiger charge is -2.12. The highest BCUT2D eigenvalue weighted by Crippen LogP contribution is 2.19. The largest absolute Gasteiger partial charge is 0.324 e. The Morgan fingerprint density at radius 3 is 2.60 bits per heavy atom. The second-order valence-corrected chi connectivity index (χ2v) is 6.61. The minimum Gasteiger partial charge on any atom is -0.324 e. The molecule has 0 atom stereocenters. The van der Waals surface area contributed by atoms with E-state index in [1.54, 1.807) is 36.5 Å². The fourth-order valence-electron chi connectivity index (χ4n) is 1.58. The second kappa shape index (κ2) is 5.56. The first kappa shape index (κ1) is 14.4. The van der Waals surface area contributed by atoms with Gasteiger partial charge in [0.05, 0.1) is 4.90 Å². The number of rotatable bonds is 4. The van der Waals surface area contributed by atoms with Crippen molar-refractivity contribution in [3.05, 3.63) is 42.2 Å². The summed E-state index contributed by atoms with van der Waals surface area (Å²) in [7, 11) is -0.449. The van der Waals surface area contributed by atoms with Crippen molar-refractivity contribution in [1.82, 2.24) is 14.3 Å². The molecular formula is C13H16N4O2S. The van der Waals surface area contributed by atoms with Crippen LogP contribution in [-0.4, -0.2) is 36.8 Å². The Bertz CT molecular complexity index is 714. The summed E-state index contributed by atoms with van der Waals surface area (Å²) in [5.41, 5.74) is 1.46. The fraction of sp³-hybridized carbons (Fsp3) is 0.231. The average Bonchev–Trinajstić information content (AvgIpc) is 2.39. The van der Waals surface area contributed by atoms with Crippen LogP contribution in [0.3, 0.4) is 0 Å². The van der Waals surface area contributed by atoms with E-state index in [1.165, 1.54) is 18.4 Å². The molecule has 0 aliphatic heterocycles.